The van der Waals surface area contributed by atoms with E-state index in [2.05, 4.69) is 9.46 Å². The van der Waals surface area contributed by atoms with Gasteiger partial charge in [-0.25, -0.2) is 17.9 Å². The van der Waals surface area contributed by atoms with Crippen LogP contribution in [0.2, 0.25) is 0 Å². The molecule has 0 aromatic carbocycles. The van der Waals surface area contributed by atoms with Crippen LogP contribution in [-0.2, 0) is 14.8 Å². The van der Waals surface area contributed by atoms with E-state index in [1.54, 1.807) is 0 Å². The summed E-state index contributed by atoms with van der Waals surface area (Å²) in [5, 5.41) is 0. The Balaban J connectivity index is 2.22. The summed E-state index contributed by atoms with van der Waals surface area (Å²) < 4.78 is 37.4. The molecule has 7 nitrogen and oxygen atoms in total. The third kappa shape index (κ3) is 3.50. The van der Waals surface area contributed by atoms with Crippen LogP contribution >= 0.6 is 0 Å². The summed E-state index contributed by atoms with van der Waals surface area (Å²) in [4.78, 5) is 11.4. The van der Waals surface area contributed by atoms with Crippen LogP contribution in [0.25, 0.3) is 0 Å². The van der Waals surface area contributed by atoms with Crippen LogP contribution in [0.1, 0.15) is 42.0 Å². The molecule has 1 heterocycles. The molecule has 1 aliphatic carbocycles. The number of carbonyl (C=O) groups excluding carboxylic acids is 1. The van der Waals surface area contributed by atoms with Crippen LogP contribution < -0.4 is 10.5 Å². The van der Waals surface area contributed by atoms with Gasteiger partial charge in [0, 0.05) is 18.7 Å². The molecule has 0 amide bonds. The van der Waals surface area contributed by atoms with Crippen molar-refractivity contribution in [1.29, 1.82) is 0 Å². The van der Waals surface area contributed by atoms with Crippen molar-refractivity contribution in [2.24, 2.45) is 11.7 Å². The van der Waals surface area contributed by atoms with Gasteiger partial charge in [0.1, 0.15) is 10.7 Å². The van der Waals surface area contributed by atoms with Gasteiger partial charge in [-0.3, -0.25) is 0 Å². The van der Waals surface area contributed by atoms with E-state index in [-0.39, 0.29) is 34.9 Å². The highest BCUT2D eigenvalue weighted by Gasteiger charge is 2.31. The van der Waals surface area contributed by atoms with Crippen molar-refractivity contribution in [3.63, 3.8) is 0 Å². The Bertz CT molecular complexity index is 632. The molecular weight excluding hydrogens is 308 g/mol. The van der Waals surface area contributed by atoms with Gasteiger partial charge in [0.25, 0.3) is 0 Å². The molecule has 2 rings (SSSR count). The minimum atomic E-state index is -3.79. The van der Waals surface area contributed by atoms with Gasteiger partial charge in [0.15, 0.2) is 0 Å². The smallest absolute Gasteiger partial charge is 0.373 e. The summed E-state index contributed by atoms with van der Waals surface area (Å²) in [6, 6.07) is 0.884. The number of rotatable bonds is 6. The maximum absolute atomic E-state index is 12.5. The van der Waals surface area contributed by atoms with Crippen LogP contribution in [0, 0.1) is 12.8 Å². The van der Waals surface area contributed by atoms with Gasteiger partial charge in [0.2, 0.25) is 15.8 Å². The molecule has 22 heavy (non-hydrogen) atoms. The summed E-state index contributed by atoms with van der Waals surface area (Å²) in [6.45, 7) is 1.73. The Morgan fingerprint density at radius 1 is 1.50 bits per heavy atom. The van der Waals surface area contributed by atoms with Crippen molar-refractivity contribution in [2.45, 2.75) is 43.5 Å². The number of ether oxygens (including phenoxy) is 1. The maximum Gasteiger partial charge on any atom is 0.373 e. The van der Waals surface area contributed by atoms with Gasteiger partial charge in [-0.1, -0.05) is 12.8 Å². The maximum atomic E-state index is 12.5. The Labute approximate surface area is 130 Å². The minimum absolute atomic E-state index is 0.0515. The molecule has 1 aromatic rings. The molecule has 1 fully saturated rings. The standard InChI is InChI=1S/C14H22N2O5S/c1-9-13(7-12(21-9)14(17)20-2)22(18,19)16-11(8-15)10-5-3-4-6-10/h7,10-11,16H,3-6,8,15H2,1-2H3. The van der Waals surface area contributed by atoms with E-state index in [9.17, 15) is 13.2 Å². The summed E-state index contributed by atoms with van der Waals surface area (Å²) in [5.41, 5.74) is 5.73. The molecule has 8 heteroatoms. The fourth-order valence-corrected chi connectivity index (χ4v) is 4.39. The van der Waals surface area contributed by atoms with Gasteiger partial charge in [-0.2, -0.15) is 0 Å². The lowest BCUT2D eigenvalue weighted by Crippen LogP contribution is -2.44. The van der Waals surface area contributed by atoms with E-state index in [4.69, 9.17) is 10.2 Å². The zero-order valence-electron chi connectivity index (χ0n) is 12.8. The SMILES string of the molecule is COC(=O)c1cc(S(=O)(=O)NC(CN)C2CCCC2)c(C)o1. The summed E-state index contributed by atoms with van der Waals surface area (Å²) in [7, 11) is -2.59. The molecule has 0 aliphatic heterocycles. The Kier molecular flexibility index (Phi) is 5.25. The molecule has 0 saturated heterocycles. The van der Waals surface area contributed by atoms with Gasteiger partial charge in [-0.15, -0.1) is 0 Å². The lowest BCUT2D eigenvalue weighted by Gasteiger charge is -2.22. The molecule has 0 radical (unpaired) electrons. The van der Waals surface area contributed by atoms with Gasteiger partial charge < -0.3 is 14.9 Å². The Hall–Kier alpha value is -1.38. The first kappa shape index (κ1) is 17.0. The topological polar surface area (TPSA) is 112 Å². The molecule has 0 spiro atoms. The molecule has 1 unspecified atom stereocenters. The zero-order valence-corrected chi connectivity index (χ0v) is 13.6. The fourth-order valence-electron chi connectivity index (χ4n) is 2.89. The zero-order chi connectivity index (χ0) is 16.3. The van der Waals surface area contributed by atoms with Crippen molar-refractivity contribution in [3.05, 3.63) is 17.6 Å². The molecule has 1 atom stereocenters. The van der Waals surface area contributed by atoms with Crippen LogP contribution in [0.4, 0.5) is 0 Å². The Morgan fingerprint density at radius 2 is 2.14 bits per heavy atom. The highest BCUT2D eigenvalue weighted by molar-refractivity contribution is 7.89. The summed E-state index contributed by atoms with van der Waals surface area (Å²) >= 11 is 0. The van der Waals surface area contributed by atoms with Crippen LogP contribution in [0.5, 0.6) is 0 Å². The van der Waals surface area contributed by atoms with E-state index in [0.717, 1.165) is 25.7 Å². The van der Waals surface area contributed by atoms with Crippen molar-refractivity contribution < 1.29 is 22.4 Å². The number of hydrogen-bond acceptors (Lipinski definition) is 6. The van der Waals surface area contributed by atoms with Crippen LogP contribution in [0.3, 0.4) is 0 Å². The van der Waals surface area contributed by atoms with E-state index < -0.39 is 16.0 Å². The average Bonchev–Trinajstić information content (AvgIpc) is 3.13. The monoisotopic (exact) mass is 330 g/mol. The molecule has 0 bridgehead atoms. The quantitative estimate of drug-likeness (QED) is 0.757. The van der Waals surface area contributed by atoms with E-state index in [1.807, 2.05) is 0 Å². The lowest BCUT2D eigenvalue weighted by molar-refractivity contribution is 0.0563. The van der Waals surface area contributed by atoms with Gasteiger partial charge >= 0.3 is 5.97 Å². The molecular formula is C14H22N2O5S. The minimum Gasteiger partial charge on any atom is -0.463 e. The number of sulfonamides is 1. The van der Waals surface area contributed by atoms with Crippen molar-refractivity contribution in [1.82, 2.24) is 4.72 Å². The second-order valence-electron chi connectivity index (χ2n) is 5.53. The number of aryl methyl sites for hydroxylation is 1. The normalized spacial score (nSPS) is 17.6. The molecule has 124 valence electrons. The van der Waals surface area contributed by atoms with Crippen molar-refractivity contribution in [2.75, 3.05) is 13.7 Å². The fraction of sp³-hybridized carbons (Fsp3) is 0.643. The lowest BCUT2D eigenvalue weighted by atomic mass is 9.99. The molecule has 1 saturated carbocycles. The first-order valence-electron chi connectivity index (χ1n) is 7.30. The van der Waals surface area contributed by atoms with Gasteiger partial charge in [-0.05, 0) is 25.7 Å². The first-order valence-corrected chi connectivity index (χ1v) is 8.78. The highest BCUT2D eigenvalue weighted by Crippen LogP contribution is 2.29. The van der Waals surface area contributed by atoms with Crippen LogP contribution in [-0.4, -0.2) is 34.1 Å². The van der Waals surface area contributed by atoms with E-state index in [1.165, 1.54) is 20.1 Å². The Morgan fingerprint density at radius 3 is 2.68 bits per heavy atom. The largest absolute Gasteiger partial charge is 0.463 e. The molecule has 3 N–H and O–H groups in total. The number of hydrogen-bond donors (Lipinski definition) is 2. The van der Waals surface area contributed by atoms with E-state index >= 15 is 0 Å². The number of esters is 1. The van der Waals surface area contributed by atoms with Gasteiger partial charge in [0.05, 0.1) is 7.11 Å². The molecule has 1 aromatic heterocycles. The predicted molar refractivity (Wildman–Crippen MR) is 79.9 cm³/mol. The predicted octanol–water partition coefficient (Wildman–Crippen LogP) is 1.17. The third-order valence-electron chi connectivity index (χ3n) is 4.08. The number of nitrogens with one attached hydrogen (secondary N) is 1. The van der Waals surface area contributed by atoms with E-state index in [0.29, 0.717) is 0 Å². The number of carbonyl (C=O) groups is 1. The highest BCUT2D eigenvalue weighted by atomic mass is 32.2. The summed E-state index contributed by atoms with van der Waals surface area (Å²) in [6.07, 6.45) is 4.14. The number of furan rings is 1. The second kappa shape index (κ2) is 6.80. The second-order valence-corrected chi connectivity index (χ2v) is 7.21. The number of methoxy groups -OCH3 is 1. The van der Waals surface area contributed by atoms with Crippen molar-refractivity contribution >= 4 is 16.0 Å². The molecule has 1 aliphatic rings. The first-order chi connectivity index (χ1) is 10.4. The summed E-state index contributed by atoms with van der Waals surface area (Å²) in [5.74, 6) is -0.441. The van der Waals surface area contributed by atoms with Crippen molar-refractivity contribution in [3.8, 4) is 0 Å². The average molecular weight is 330 g/mol. The third-order valence-corrected chi connectivity index (χ3v) is 5.68. The number of nitrogens with two attached hydrogens (primary N) is 1. The van der Waals surface area contributed by atoms with Crippen LogP contribution in [0.15, 0.2) is 15.4 Å².